The number of thioether (sulfide) groups is 1. The third-order valence-corrected chi connectivity index (χ3v) is 8.23. The molecular formula is C26H27N3O3S2. The van der Waals surface area contributed by atoms with Crippen LogP contribution in [0.25, 0.3) is 0 Å². The Morgan fingerprint density at radius 3 is 2.76 bits per heavy atom. The highest BCUT2D eigenvalue weighted by molar-refractivity contribution is 8.00. The highest BCUT2D eigenvalue weighted by Gasteiger charge is 2.32. The minimum absolute atomic E-state index is 0.155. The molecule has 0 saturated heterocycles. The highest BCUT2D eigenvalue weighted by atomic mass is 32.2. The minimum Gasteiger partial charge on any atom is -0.459 e. The molecule has 0 saturated carbocycles. The van der Waals surface area contributed by atoms with Gasteiger partial charge in [0, 0.05) is 15.5 Å². The molecular weight excluding hydrogens is 466 g/mol. The first-order valence-electron chi connectivity index (χ1n) is 11.2. The molecule has 4 rings (SSSR count). The number of thiophene rings is 1. The van der Waals surface area contributed by atoms with Crippen LogP contribution in [-0.4, -0.2) is 17.6 Å². The van der Waals surface area contributed by atoms with E-state index in [2.05, 4.69) is 37.5 Å². The number of carbonyl (C=O) groups excluding carboxylic acids is 2. The van der Waals surface area contributed by atoms with Crippen LogP contribution in [0.5, 0.6) is 0 Å². The van der Waals surface area contributed by atoms with E-state index < -0.39 is 0 Å². The molecule has 0 spiro atoms. The Morgan fingerprint density at radius 2 is 2.06 bits per heavy atom. The topological polar surface area (TPSA) is 95.1 Å². The third kappa shape index (κ3) is 5.54. The largest absolute Gasteiger partial charge is 0.459 e. The molecule has 3 aromatic rings. The van der Waals surface area contributed by atoms with Crippen LogP contribution in [0.4, 0.5) is 10.7 Å². The molecule has 2 N–H and O–H groups in total. The van der Waals surface area contributed by atoms with Gasteiger partial charge in [-0.05, 0) is 66.5 Å². The summed E-state index contributed by atoms with van der Waals surface area (Å²) < 4.78 is 5.11. The van der Waals surface area contributed by atoms with Crippen LogP contribution >= 0.6 is 23.1 Å². The number of anilines is 2. The van der Waals surface area contributed by atoms with Crippen molar-refractivity contribution in [1.29, 1.82) is 5.26 Å². The molecule has 2 aromatic heterocycles. The van der Waals surface area contributed by atoms with Crippen molar-refractivity contribution in [2.45, 2.75) is 44.9 Å². The summed E-state index contributed by atoms with van der Waals surface area (Å²) in [6.07, 6.45) is 4.36. The molecule has 34 heavy (non-hydrogen) atoms. The average molecular weight is 494 g/mol. The quantitative estimate of drug-likeness (QED) is 0.390. The molecule has 2 amide bonds. The lowest BCUT2D eigenvalue weighted by atomic mass is 9.72. The van der Waals surface area contributed by atoms with E-state index in [1.54, 1.807) is 29.5 Å². The number of amides is 2. The lowest BCUT2D eigenvalue weighted by Gasteiger charge is -2.33. The molecule has 0 fully saturated rings. The molecule has 0 bridgehead atoms. The zero-order valence-corrected chi connectivity index (χ0v) is 21.1. The lowest BCUT2D eigenvalue weighted by Crippen LogP contribution is -2.26. The first-order valence-corrected chi connectivity index (χ1v) is 13.0. The second-order valence-corrected chi connectivity index (χ2v) is 11.6. The van der Waals surface area contributed by atoms with Gasteiger partial charge in [0.15, 0.2) is 5.76 Å². The Labute approximate surface area is 207 Å². The van der Waals surface area contributed by atoms with Crippen LogP contribution in [0, 0.1) is 22.7 Å². The van der Waals surface area contributed by atoms with E-state index in [9.17, 15) is 14.9 Å². The van der Waals surface area contributed by atoms with Crippen LogP contribution < -0.4 is 10.6 Å². The third-order valence-electron chi connectivity index (χ3n) is 6.06. The Kier molecular flexibility index (Phi) is 7.15. The van der Waals surface area contributed by atoms with Crippen LogP contribution in [0.15, 0.2) is 52.0 Å². The van der Waals surface area contributed by atoms with Crippen molar-refractivity contribution >= 4 is 45.6 Å². The molecule has 1 aliphatic rings. The number of benzene rings is 1. The summed E-state index contributed by atoms with van der Waals surface area (Å²) in [5.74, 6) is 0.526. The van der Waals surface area contributed by atoms with Gasteiger partial charge in [-0.25, -0.2) is 0 Å². The summed E-state index contributed by atoms with van der Waals surface area (Å²) in [6.45, 7) is 6.79. The van der Waals surface area contributed by atoms with Gasteiger partial charge in [-0.2, -0.15) is 5.26 Å². The molecule has 1 aliphatic carbocycles. The predicted octanol–water partition coefficient (Wildman–Crippen LogP) is 6.35. The zero-order chi connectivity index (χ0) is 24.3. The Hall–Kier alpha value is -3.02. The number of carbonyl (C=O) groups is 2. The maximum absolute atomic E-state index is 12.7. The minimum atomic E-state index is -0.329. The van der Waals surface area contributed by atoms with Gasteiger partial charge in [-0.1, -0.05) is 26.8 Å². The van der Waals surface area contributed by atoms with E-state index in [0.29, 0.717) is 22.2 Å². The number of nitrogens with one attached hydrogen (secondary N) is 2. The van der Waals surface area contributed by atoms with Crippen molar-refractivity contribution in [2.24, 2.45) is 11.3 Å². The average Bonchev–Trinajstić information content (AvgIpc) is 3.44. The van der Waals surface area contributed by atoms with E-state index in [4.69, 9.17) is 4.42 Å². The number of rotatable bonds is 6. The smallest absolute Gasteiger partial charge is 0.291 e. The molecule has 2 heterocycles. The Balaban J connectivity index is 1.37. The number of furan rings is 1. The van der Waals surface area contributed by atoms with Crippen LogP contribution in [-0.2, 0) is 17.6 Å². The van der Waals surface area contributed by atoms with Gasteiger partial charge in [0.2, 0.25) is 5.91 Å². The van der Waals surface area contributed by atoms with Crippen LogP contribution in [0.3, 0.4) is 0 Å². The standard InChI is InChI=1S/C26H27N3O3S2/c1-26(2,3)16-9-10-19-20(14-27)25(34-22(19)12-16)29-23(30)15-33-18-7-4-6-17(13-18)28-24(31)21-8-5-11-32-21/h4-8,11,13,16H,9-10,12,15H2,1-3H3,(H,28,31)(H,29,30). The summed E-state index contributed by atoms with van der Waals surface area (Å²) >= 11 is 2.92. The summed E-state index contributed by atoms with van der Waals surface area (Å²) in [6, 6.07) is 12.9. The zero-order valence-electron chi connectivity index (χ0n) is 19.4. The van der Waals surface area contributed by atoms with E-state index in [-0.39, 0.29) is 28.7 Å². The van der Waals surface area contributed by atoms with Crippen molar-refractivity contribution < 1.29 is 14.0 Å². The number of nitrogens with zero attached hydrogens (tertiary/aromatic N) is 1. The number of hydrogen-bond acceptors (Lipinski definition) is 6. The van der Waals surface area contributed by atoms with E-state index in [1.807, 2.05) is 18.2 Å². The number of hydrogen-bond donors (Lipinski definition) is 2. The maximum atomic E-state index is 12.7. The first-order chi connectivity index (χ1) is 16.2. The predicted molar refractivity (Wildman–Crippen MR) is 136 cm³/mol. The Bertz CT molecular complexity index is 1230. The van der Waals surface area contributed by atoms with E-state index in [1.165, 1.54) is 22.9 Å². The van der Waals surface area contributed by atoms with Gasteiger partial charge in [0.1, 0.15) is 11.1 Å². The van der Waals surface area contributed by atoms with Crippen LogP contribution in [0.2, 0.25) is 0 Å². The normalized spacial score (nSPS) is 15.3. The van der Waals surface area contributed by atoms with Gasteiger partial charge < -0.3 is 15.1 Å². The number of nitriles is 1. The Morgan fingerprint density at radius 1 is 1.24 bits per heavy atom. The SMILES string of the molecule is CC(C)(C)C1CCc2c(sc(NC(=O)CSc3cccc(NC(=O)c4ccco4)c3)c2C#N)C1. The van der Waals surface area contributed by atoms with Gasteiger partial charge in [-0.15, -0.1) is 23.1 Å². The molecule has 6 nitrogen and oxygen atoms in total. The monoisotopic (exact) mass is 493 g/mol. The van der Waals surface area contributed by atoms with Crippen molar-refractivity contribution in [3.63, 3.8) is 0 Å². The summed E-state index contributed by atoms with van der Waals surface area (Å²) in [4.78, 5) is 26.9. The molecule has 0 aliphatic heterocycles. The van der Waals surface area contributed by atoms with E-state index in [0.717, 1.165) is 29.7 Å². The molecule has 1 unspecified atom stereocenters. The molecule has 0 radical (unpaired) electrons. The second-order valence-electron chi connectivity index (χ2n) is 9.42. The van der Waals surface area contributed by atoms with Crippen molar-refractivity contribution in [3.8, 4) is 6.07 Å². The fourth-order valence-electron chi connectivity index (χ4n) is 4.11. The molecule has 1 atom stereocenters. The summed E-state index contributed by atoms with van der Waals surface area (Å²) in [5.41, 5.74) is 2.57. The van der Waals surface area contributed by atoms with E-state index >= 15 is 0 Å². The second kappa shape index (κ2) is 10.1. The highest BCUT2D eigenvalue weighted by Crippen LogP contribution is 2.44. The summed E-state index contributed by atoms with van der Waals surface area (Å²) in [5, 5.41) is 16.1. The maximum Gasteiger partial charge on any atom is 0.291 e. The fraction of sp³-hybridized carbons (Fsp3) is 0.346. The molecule has 1 aromatic carbocycles. The van der Waals surface area contributed by atoms with Gasteiger partial charge in [0.25, 0.3) is 5.91 Å². The lowest BCUT2D eigenvalue weighted by molar-refractivity contribution is -0.113. The van der Waals surface area contributed by atoms with Gasteiger partial charge in [0.05, 0.1) is 17.6 Å². The molecule has 176 valence electrons. The fourth-order valence-corrected chi connectivity index (χ4v) is 6.16. The van der Waals surface area contributed by atoms with Gasteiger partial charge in [-0.3, -0.25) is 9.59 Å². The molecule has 8 heteroatoms. The number of fused-ring (bicyclic) bond motifs is 1. The van der Waals surface area contributed by atoms with Gasteiger partial charge >= 0.3 is 0 Å². The summed E-state index contributed by atoms with van der Waals surface area (Å²) in [7, 11) is 0. The van der Waals surface area contributed by atoms with Crippen LogP contribution in [0.1, 0.15) is 53.8 Å². The first kappa shape index (κ1) is 24.1. The van der Waals surface area contributed by atoms with Crippen molar-refractivity contribution in [3.05, 3.63) is 64.4 Å². The van der Waals surface area contributed by atoms with Crippen molar-refractivity contribution in [2.75, 3.05) is 16.4 Å². The van der Waals surface area contributed by atoms with Crippen molar-refractivity contribution in [1.82, 2.24) is 0 Å².